The van der Waals surface area contributed by atoms with Gasteiger partial charge in [-0.1, -0.05) is 63.8 Å². The molecule has 0 aliphatic heterocycles. The van der Waals surface area contributed by atoms with Gasteiger partial charge in [0.15, 0.2) is 0 Å². The highest BCUT2D eigenvalue weighted by Gasteiger charge is 2.45. The molecule has 2 saturated carbocycles. The topological polar surface area (TPSA) is 192 Å². The number of amides is 4. The minimum atomic E-state index is -0.735. The van der Waals surface area contributed by atoms with Crippen molar-refractivity contribution in [1.82, 2.24) is 41.2 Å². The number of carbonyl (C=O) groups is 4. The average Bonchev–Trinajstić information content (AvgIpc) is 3.86. The van der Waals surface area contributed by atoms with Crippen LogP contribution in [0.25, 0.3) is 22.5 Å². The molecule has 2 aliphatic carbocycles. The van der Waals surface area contributed by atoms with Crippen molar-refractivity contribution in [2.24, 2.45) is 11.8 Å². The number of aromatic nitrogens is 4. The molecule has 6 N–H and O–H groups in total. The van der Waals surface area contributed by atoms with Crippen LogP contribution in [-0.4, -0.2) is 70.2 Å². The van der Waals surface area contributed by atoms with E-state index in [4.69, 9.17) is 9.47 Å². The van der Waals surface area contributed by atoms with E-state index in [0.717, 1.165) is 72.2 Å². The minimum absolute atomic E-state index is 0.132. The third kappa shape index (κ3) is 8.57. The molecule has 0 radical (unpaired) electrons. The fourth-order valence-electron chi connectivity index (χ4n) is 7.00. The molecule has 56 heavy (non-hydrogen) atoms. The Balaban J connectivity index is 1.08. The predicted octanol–water partition coefficient (Wildman–Crippen LogP) is 5.62. The largest absolute Gasteiger partial charge is 0.453 e. The number of nitrogens with zero attached hydrogens (tertiary/aromatic N) is 2. The minimum Gasteiger partial charge on any atom is -0.453 e. The standard InChI is InChI=1S/C42H50N8O6/c1-25(2)33(47-39(53)55-5)35(51)49-41(19-7-20-41)37-43-23-31(45-37)29-15-11-27(12-16-29)9-10-28-13-17-30(18-14-28)32-24-44-38(46-32)42(21-8-22-42)50-36(52)34(26(3)4)48-40(54)56-6/h11-18,23-26,33-34H,7-8,19-22H2,1-6H3,(H,43,45)(H,44,46)(H,47,53)(H,48,54)(H,49,51)(H,50,52)/t33-,34-/m0/s1. The van der Waals surface area contributed by atoms with Gasteiger partial charge in [-0.25, -0.2) is 19.6 Å². The fourth-order valence-corrected chi connectivity index (χ4v) is 7.00. The molecule has 2 fully saturated rings. The second-order valence-electron chi connectivity index (χ2n) is 15.3. The number of imidazole rings is 2. The van der Waals surface area contributed by atoms with E-state index in [1.165, 1.54) is 14.2 Å². The van der Waals surface area contributed by atoms with Gasteiger partial charge in [-0.3, -0.25) is 9.59 Å². The SMILES string of the molecule is COC(=O)N[C@H](C(=O)NC1(c2ncc(-c3ccc(C#Cc4ccc(-c5cnc(C6(NC(=O)[C@@H](NC(=O)OC)C(C)C)CCC6)[nH]5)cc4)cc3)[nH]2)CCC1)C(C)C. The number of methoxy groups -OCH3 is 2. The Morgan fingerprint density at radius 1 is 0.625 bits per heavy atom. The van der Waals surface area contributed by atoms with Crippen LogP contribution in [0.5, 0.6) is 0 Å². The Morgan fingerprint density at radius 3 is 1.27 bits per heavy atom. The molecule has 4 aromatic rings. The number of rotatable bonds is 12. The normalized spacial score (nSPS) is 16.2. The van der Waals surface area contributed by atoms with Crippen LogP contribution in [0.1, 0.15) is 89.0 Å². The molecule has 0 unspecified atom stereocenters. The molecule has 4 amide bonds. The number of H-pyrrole nitrogens is 2. The molecule has 0 saturated heterocycles. The molecule has 2 aromatic carbocycles. The summed E-state index contributed by atoms with van der Waals surface area (Å²) in [5.41, 5.74) is 3.98. The highest BCUT2D eigenvalue weighted by atomic mass is 16.5. The zero-order valence-corrected chi connectivity index (χ0v) is 32.7. The van der Waals surface area contributed by atoms with Crippen LogP contribution < -0.4 is 21.3 Å². The van der Waals surface area contributed by atoms with Gasteiger partial charge in [0, 0.05) is 11.1 Å². The molecule has 294 valence electrons. The fraction of sp³-hybridized carbons (Fsp3) is 0.429. The maximum absolute atomic E-state index is 13.3. The summed E-state index contributed by atoms with van der Waals surface area (Å²) in [6.45, 7) is 7.48. The van der Waals surface area contributed by atoms with Gasteiger partial charge in [-0.2, -0.15) is 0 Å². The van der Waals surface area contributed by atoms with E-state index in [0.29, 0.717) is 11.6 Å². The first-order valence-corrected chi connectivity index (χ1v) is 19.0. The maximum Gasteiger partial charge on any atom is 0.407 e. The Bertz CT molecular complexity index is 1950. The Morgan fingerprint density at radius 2 is 0.982 bits per heavy atom. The number of hydrogen-bond donors (Lipinski definition) is 6. The summed E-state index contributed by atoms with van der Waals surface area (Å²) in [7, 11) is 2.55. The van der Waals surface area contributed by atoms with E-state index in [1.54, 1.807) is 12.4 Å². The van der Waals surface area contributed by atoms with E-state index < -0.39 is 35.3 Å². The van der Waals surface area contributed by atoms with Crippen molar-refractivity contribution in [3.63, 3.8) is 0 Å². The zero-order chi connectivity index (χ0) is 40.0. The van der Waals surface area contributed by atoms with Crippen LogP contribution in [0, 0.1) is 23.7 Å². The number of benzene rings is 2. The van der Waals surface area contributed by atoms with Crippen molar-refractivity contribution in [1.29, 1.82) is 0 Å². The smallest absolute Gasteiger partial charge is 0.407 e. The summed E-state index contributed by atoms with van der Waals surface area (Å²) in [4.78, 5) is 66.4. The van der Waals surface area contributed by atoms with Crippen molar-refractivity contribution < 1.29 is 28.7 Å². The van der Waals surface area contributed by atoms with E-state index in [-0.39, 0.29) is 23.7 Å². The molecule has 0 bridgehead atoms. The Kier molecular flexibility index (Phi) is 11.8. The number of hydrogen-bond acceptors (Lipinski definition) is 8. The van der Waals surface area contributed by atoms with E-state index in [1.807, 2.05) is 76.2 Å². The zero-order valence-electron chi connectivity index (χ0n) is 32.7. The Hall–Kier alpha value is -6.10. The van der Waals surface area contributed by atoms with Crippen molar-refractivity contribution in [3.8, 4) is 34.4 Å². The monoisotopic (exact) mass is 762 g/mol. The first-order valence-electron chi connectivity index (χ1n) is 19.0. The average molecular weight is 763 g/mol. The maximum atomic E-state index is 13.3. The van der Waals surface area contributed by atoms with Gasteiger partial charge in [-0.05, 0) is 85.8 Å². The van der Waals surface area contributed by atoms with Crippen LogP contribution in [0.3, 0.4) is 0 Å². The molecule has 2 aliphatic rings. The molecular formula is C42H50N8O6. The number of carbonyl (C=O) groups excluding carboxylic acids is 4. The lowest BCUT2D eigenvalue weighted by atomic mass is 9.75. The van der Waals surface area contributed by atoms with Crippen LogP contribution >= 0.6 is 0 Å². The summed E-state index contributed by atoms with van der Waals surface area (Å²) in [6.07, 6.45) is 7.12. The molecule has 6 rings (SSSR count). The molecular weight excluding hydrogens is 713 g/mol. The molecule has 2 aromatic heterocycles. The van der Waals surface area contributed by atoms with Gasteiger partial charge in [0.2, 0.25) is 11.8 Å². The molecule has 2 atom stereocenters. The van der Waals surface area contributed by atoms with Gasteiger partial charge in [-0.15, -0.1) is 0 Å². The van der Waals surface area contributed by atoms with Gasteiger partial charge in [0.25, 0.3) is 0 Å². The highest BCUT2D eigenvalue weighted by molar-refractivity contribution is 5.87. The van der Waals surface area contributed by atoms with Crippen molar-refractivity contribution in [3.05, 3.63) is 83.7 Å². The van der Waals surface area contributed by atoms with Crippen LogP contribution in [0.2, 0.25) is 0 Å². The first kappa shape index (κ1) is 39.6. The summed E-state index contributed by atoms with van der Waals surface area (Å²) in [5, 5.41) is 11.6. The summed E-state index contributed by atoms with van der Waals surface area (Å²) in [5.74, 6) is 7.04. The third-order valence-corrected chi connectivity index (χ3v) is 10.8. The molecule has 14 nitrogen and oxygen atoms in total. The third-order valence-electron chi connectivity index (χ3n) is 10.8. The van der Waals surface area contributed by atoms with Gasteiger partial charge in [0.1, 0.15) is 23.7 Å². The van der Waals surface area contributed by atoms with E-state index >= 15 is 0 Å². The van der Waals surface area contributed by atoms with Gasteiger partial charge >= 0.3 is 12.2 Å². The predicted molar refractivity (Wildman–Crippen MR) is 210 cm³/mol. The second-order valence-corrected chi connectivity index (χ2v) is 15.3. The lowest BCUT2D eigenvalue weighted by molar-refractivity contribution is -0.128. The first-order chi connectivity index (χ1) is 26.8. The van der Waals surface area contributed by atoms with Crippen molar-refractivity contribution in [2.45, 2.75) is 89.4 Å². The van der Waals surface area contributed by atoms with E-state index in [9.17, 15) is 19.2 Å². The molecule has 0 spiro atoms. The summed E-state index contributed by atoms with van der Waals surface area (Å²) < 4.78 is 9.43. The number of alkyl carbamates (subject to hydrolysis) is 2. The quantitative estimate of drug-likeness (QED) is 0.100. The van der Waals surface area contributed by atoms with Crippen molar-refractivity contribution in [2.75, 3.05) is 14.2 Å². The lowest BCUT2D eigenvalue weighted by Crippen LogP contribution is -2.58. The lowest BCUT2D eigenvalue weighted by Gasteiger charge is -2.42. The van der Waals surface area contributed by atoms with Crippen LogP contribution in [0.4, 0.5) is 9.59 Å². The van der Waals surface area contributed by atoms with Crippen LogP contribution in [-0.2, 0) is 30.1 Å². The van der Waals surface area contributed by atoms with Crippen molar-refractivity contribution >= 4 is 24.0 Å². The van der Waals surface area contributed by atoms with Gasteiger partial charge in [0.05, 0.1) is 49.1 Å². The second kappa shape index (κ2) is 16.7. The number of aromatic amines is 2. The molecule has 2 heterocycles. The number of ether oxygens (including phenoxy) is 2. The summed E-state index contributed by atoms with van der Waals surface area (Å²) in [6, 6.07) is 14.3. The van der Waals surface area contributed by atoms with Crippen LogP contribution in [0.15, 0.2) is 60.9 Å². The number of nitrogens with one attached hydrogen (secondary N) is 6. The Labute approximate surface area is 326 Å². The van der Waals surface area contributed by atoms with E-state index in [2.05, 4.69) is 53.0 Å². The van der Waals surface area contributed by atoms with Gasteiger partial charge < -0.3 is 40.7 Å². The molecule has 14 heteroatoms. The summed E-state index contributed by atoms with van der Waals surface area (Å²) >= 11 is 0. The highest BCUT2D eigenvalue weighted by Crippen LogP contribution is 2.42.